The van der Waals surface area contributed by atoms with E-state index in [2.05, 4.69) is 28.6 Å². The van der Waals surface area contributed by atoms with Crippen LogP contribution in [0.4, 0.5) is 4.39 Å². The monoisotopic (exact) mass is 315 g/mol. The summed E-state index contributed by atoms with van der Waals surface area (Å²) in [7, 11) is 0. The first kappa shape index (κ1) is 16.2. The molecule has 3 rings (SSSR count). The smallest absolute Gasteiger partial charge is 0.143 e. The number of nitrogens with zero attached hydrogens (tertiary/aromatic N) is 3. The van der Waals surface area contributed by atoms with E-state index in [1.807, 2.05) is 12.1 Å². The second-order valence-corrected chi connectivity index (χ2v) is 6.64. The third kappa shape index (κ3) is 2.91. The maximum atomic E-state index is 13.3. The van der Waals surface area contributed by atoms with Crippen molar-refractivity contribution in [2.75, 3.05) is 0 Å². The maximum Gasteiger partial charge on any atom is 0.143 e. The lowest BCUT2D eigenvalue weighted by Crippen LogP contribution is -2.38. The molecule has 1 aromatic carbocycles. The number of rotatable bonds is 7. The van der Waals surface area contributed by atoms with E-state index in [0.717, 1.165) is 56.7 Å². The number of benzene rings is 1. The molecular weight excluding hydrogens is 289 g/mol. The molecule has 23 heavy (non-hydrogen) atoms. The third-order valence-electron chi connectivity index (χ3n) is 5.06. The van der Waals surface area contributed by atoms with Gasteiger partial charge in [-0.3, -0.25) is 0 Å². The van der Waals surface area contributed by atoms with Crippen molar-refractivity contribution < 1.29 is 4.39 Å². The van der Waals surface area contributed by atoms with Crippen molar-refractivity contribution in [1.82, 2.24) is 14.8 Å². The molecular formula is C19H26FN3. The van der Waals surface area contributed by atoms with Gasteiger partial charge in [0.2, 0.25) is 0 Å². The van der Waals surface area contributed by atoms with Gasteiger partial charge in [-0.25, -0.2) is 4.39 Å². The van der Waals surface area contributed by atoms with Crippen LogP contribution >= 0.6 is 0 Å². The van der Waals surface area contributed by atoms with Crippen LogP contribution < -0.4 is 0 Å². The summed E-state index contributed by atoms with van der Waals surface area (Å²) in [6, 6.07) is 6.97. The van der Waals surface area contributed by atoms with Crippen LogP contribution in [0.5, 0.6) is 0 Å². The molecule has 1 heterocycles. The predicted molar refractivity (Wildman–Crippen MR) is 90.0 cm³/mol. The van der Waals surface area contributed by atoms with E-state index >= 15 is 0 Å². The summed E-state index contributed by atoms with van der Waals surface area (Å²) in [5.74, 6) is 2.02. The van der Waals surface area contributed by atoms with Gasteiger partial charge >= 0.3 is 0 Å². The Balaban J connectivity index is 2.00. The van der Waals surface area contributed by atoms with Gasteiger partial charge < -0.3 is 4.57 Å². The lowest BCUT2D eigenvalue weighted by molar-refractivity contribution is 0.273. The van der Waals surface area contributed by atoms with Crippen LogP contribution in [0.3, 0.4) is 0 Å². The Hall–Kier alpha value is -1.71. The lowest BCUT2D eigenvalue weighted by atomic mass is 9.63. The van der Waals surface area contributed by atoms with Crippen molar-refractivity contribution in [2.45, 2.75) is 70.8 Å². The second kappa shape index (κ2) is 6.81. The highest BCUT2D eigenvalue weighted by atomic mass is 19.1. The number of aryl methyl sites for hydroxylation is 1. The zero-order valence-electron chi connectivity index (χ0n) is 14.2. The summed E-state index contributed by atoms with van der Waals surface area (Å²) in [6.07, 6.45) is 7.72. The molecule has 0 amide bonds. The molecule has 1 fully saturated rings. The molecule has 4 heteroatoms. The minimum absolute atomic E-state index is 0.0691. The molecule has 0 bridgehead atoms. The van der Waals surface area contributed by atoms with E-state index in [0.29, 0.717) is 0 Å². The Labute approximate surface area is 137 Å². The number of unbranched alkanes of at least 4 members (excludes halogenated alkanes) is 1. The van der Waals surface area contributed by atoms with Gasteiger partial charge in [-0.15, -0.1) is 10.2 Å². The van der Waals surface area contributed by atoms with Gasteiger partial charge in [0.1, 0.15) is 17.5 Å². The van der Waals surface area contributed by atoms with E-state index in [1.165, 1.54) is 12.0 Å². The Kier molecular flexibility index (Phi) is 4.79. The second-order valence-electron chi connectivity index (χ2n) is 6.64. The average molecular weight is 315 g/mol. The molecule has 0 N–H and O–H groups in total. The van der Waals surface area contributed by atoms with Crippen molar-refractivity contribution in [1.29, 1.82) is 0 Å². The Morgan fingerprint density at radius 3 is 2.39 bits per heavy atom. The molecule has 124 valence electrons. The first-order valence-corrected chi connectivity index (χ1v) is 8.90. The van der Waals surface area contributed by atoms with Crippen LogP contribution in [-0.2, 0) is 18.4 Å². The summed E-state index contributed by atoms with van der Waals surface area (Å²) in [5, 5.41) is 9.10. The van der Waals surface area contributed by atoms with Gasteiger partial charge in [0, 0.05) is 13.0 Å². The van der Waals surface area contributed by atoms with Crippen LogP contribution in [0.2, 0.25) is 0 Å². The van der Waals surface area contributed by atoms with Gasteiger partial charge in [-0.1, -0.05) is 38.8 Å². The summed E-state index contributed by atoms with van der Waals surface area (Å²) >= 11 is 0. The van der Waals surface area contributed by atoms with Crippen LogP contribution in [-0.4, -0.2) is 14.8 Å². The van der Waals surface area contributed by atoms with Crippen LogP contribution in [0, 0.1) is 5.82 Å². The third-order valence-corrected chi connectivity index (χ3v) is 5.06. The number of hydrogen-bond donors (Lipinski definition) is 0. The number of hydrogen-bond acceptors (Lipinski definition) is 2. The molecule has 0 saturated heterocycles. The molecule has 0 radical (unpaired) electrons. The van der Waals surface area contributed by atoms with Gasteiger partial charge in [-0.05, 0) is 43.4 Å². The summed E-state index contributed by atoms with van der Waals surface area (Å²) < 4.78 is 15.6. The minimum Gasteiger partial charge on any atom is -0.314 e. The van der Waals surface area contributed by atoms with Crippen molar-refractivity contribution in [3.05, 3.63) is 47.3 Å². The molecule has 1 saturated carbocycles. The van der Waals surface area contributed by atoms with Crippen molar-refractivity contribution >= 4 is 0 Å². The Morgan fingerprint density at radius 2 is 1.83 bits per heavy atom. The fraction of sp³-hybridized carbons (Fsp3) is 0.579. The normalized spacial score (nSPS) is 16.3. The van der Waals surface area contributed by atoms with Gasteiger partial charge in [-0.2, -0.15) is 0 Å². The molecule has 3 nitrogen and oxygen atoms in total. The molecule has 0 unspecified atom stereocenters. The number of halogens is 1. The van der Waals surface area contributed by atoms with Crippen molar-refractivity contribution in [3.8, 4) is 0 Å². The number of aromatic nitrogens is 3. The fourth-order valence-electron chi connectivity index (χ4n) is 3.61. The molecule has 0 spiro atoms. The standard InChI is InChI=1S/C19H26FN3/c1-3-5-7-17-21-22-18(23(17)14-4-2)19(12-6-13-19)15-8-10-16(20)11-9-15/h8-11H,3-7,12-14H2,1-2H3. The molecule has 1 aliphatic carbocycles. The van der Waals surface area contributed by atoms with Crippen LogP contribution in [0.1, 0.15) is 69.6 Å². The van der Waals surface area contributed by atoms with E-state index in [1.54, 1.807) is 12.1 Å². The quantitative estimate of drug-likeness (QED) is 0.745. The predicted octanol–water partition coefficient (Wildman–Crippen LogP) is 4.64. The molecule has 0 atom stereocenters. The Morgan fingerprint density at radius 1 is 1.09 bits per heavy atom. The van der Waals surface area contributed by atoms with Gasteiger partial charge in [0.25, 0.3) is 0 Å². The highest BCUT2D eigenvalue weighted by Gasteiger charge is 2.44. The summed E-state index contributed by atoms with van der Waals surface area (Å²) in [6.45, 7) is 5.36. The molecule has 0 aliphatic heterocycles. The minimum atomic E-state index is -0.179. The van der Waals surface area contributed by atoms with E-state index in [9.17, 15) is 4.39 Å². The van der Waals surface area contributed by atoms with Crippen LogP contribution in [0.25, 0.3) is 0 Å². The highest BCUT2D eigenvalue weighted by molar-refractivity contribution is 5.36. The molecule has 1 aromatic heterocycles. The fourth-order valence-corrected chi connectivity index (χ4v) is 3.61. The first-order chi connectivity index (χ1) is 11.2. The zero-order valence-corrected chi connectivity index (χ0v) is 14.2. The zero-order chi connectivity index (χ0) is 16.3. The van der Waals surface area contributed by atoms with Crippen molar-refractivity contribution in [2.24, 2.45) is 0 Å². The van der Waals surface area contributed by atoms with Crippen molar-refractivity contribution in [3.63, 3.8) is 0 Å². The van der Waals surface area contributed by atoms with Gasteiger partial charge in [0.05, 0.1) is 5.41 Å². The average Bonchev–Trinajstić information content (AvgIpc) is 2.90. The van der Waals surface area contributed by atoms with E-state index in [-0.39, 0.29) is 11.2 Å². The maximum absolute atomic E-state index is 13.3. The highest BCUT2D eigenvalue weighted by Crippen LogP contribution is 2.48. The first-order valence-electron chi connectivity index (χ1n) is 8.90. The summed E-state index contributed by atoms with van der Waals surface area (Å²) in [5.41, 5.74) is 1.11. The van der Waals surface area contributed by atoms with E-state index in [4.69, 9.17) is 0 Å². The van der Waals surface area contributed by atoms with E-state index < -0.39 is 0 Å². The topological polar surface area (TPSA) is 30.7 Å². The largest absolute Gasteiger partial charge is 0.314 e. The van der Waals surface area contributed by atoms with Crippen LogP contribution in [0.15, 0.2) is 24.3 Å². The SMILES string of the molecule is CCCCc1nnc(C2(c3ccc(F)cc3)CCC2)n1CCC. The molecule has 1 aliphatic rings. The molecule has 2 aromatic rings. The van der Waals surface area contributed by atoms with Gasteiger partial charge in [0.15, 0.2) is 0 Å². The summed E-state index contributed by atoms with van der Waals surface area (Å²) in [4.78, 5) is 0. The Bertz CT molecular complexity index is 641. The lowest BCUT2D eigenvalue weighted by Gasteiger charge is -2.41.